The fraction of sp³-hybridized carbons (Fsp3) is 0.423. The van der Waals surface area contributed by atoms with E-state index in [1.807, 2.05) is 0 Å². The Balaban J connectivity index is 2.27. The first-order valence-corrected chi connectivity index (χ1v) is 12.7. The SMILES string of the molecule is CC(C)[C@H](C(=O)C(F)(F)C(=O)NCC(F)(F)F)C(N)[C@H](Cc1ccccc1)NC(=O)COc1ccc(Cl)c(Cl)c1. The monoisotopic (exact) mass is 611 g/mol. The number of nitrogens with two attached hydrogens (primary N) is 1. The Morgan fingerprint density at radius 2 is 1.60 bits per heavy atom. The van der Waals surface area contributed by atoms with Crippen LogP contribution in [0.4, 0.5) is 22.0 Å². The van der Waals surface area contributed by atoms with Crippen molar-refractivity contribution in [2.75, 3.05) is 13.2 Å². The summed E-state index contributed by atoms with van der Waals surface area (Å²) in [7, 11) is 0. The molecular weight excluding hydrogens is 584 g/mol. The highest BCUT2D eigenvalue weighted by molar-refractivity contribution is 6.42. The summed E-state index contributed by atoms with van der Waals surface area (Å²) in [5, 5.41) is 4.07. The number of benzene rings is 2. The van der Waals surface area contributed by atoms with Crippen molar-refractivity contribution in [1.29, 1.82) is 0 Å². The summed E-state index contributed by atoms with van der Waals surface area (Å²) >= 11 is 11.8. The topological polar surface area (TPSA) is 111 Å². The van der Waals surface area contributed by atoms with E-state index in [0.717, 1.165) is 5.32 Å². The molecule has 14 heteroatoms. The van der Waals surface area contributed by atoms with Crippen molar-refractivity contribution >= 4 is 40.8 Å². The summed E-state index contributed by atoms with van der Waals surface area (Å²) in [6, 6.07) is 10.2. The molecule has 0 aromatic heterocycles. The molecule has 0 saturated carbocycles. The molecule has 220 valence electrons. The van der Waals surface area contributed by atoms with Crippen molar-refractivity contribution in [2.45, 2.75) is 44.5 Å². The number of Topliss-reactive ketones (excluding diaryl/α,β-unsaturated/α-hetero) is 1. The van der Waals surface area contributed by atoms with E-state index in [1.165, 1.54) is 32.0 Å². The Hall–Kier alpha value is -2.96. The minimum Gasteiger partial charge on any atom is -0.484 e. The van der Waals surface area contributed by atoms with Gasteiger partial charge in [-0.15, -0.1) is 0 Å². The number of carbonyl (C=O) groups is 3. The maximum Gasteiger partial charge on any atom is 0.405 e. The van der Waals surface area contributed by atoms with Gasteiger partial charge in [0.25, 0.3) is 11.8 Å². The zero-order chi connectivity index (χ0) is 30.3. The van der Waals surface area contributed by atoms with Crippen LogP contribution in [0.3, 0.4) is 0 Å². The van der Waals surface area contributed by atoms with Gasteiger partial charge in [-0.3, -0.25) is 14.4 Å². The Labute approximate surface area is 237 Å². The first kappa shape index (κ1) is 33.2. The van der Waals surface area contributed by atoms with Gasteiger partial charge in [-0.1, -0.05) is 67.4 Å². The van der Waals surface area contributed by atoms with Crippen molar-refractivity contribution in [3.05, 3.63) is 64.1 Å². The van der Waals surface area contributed by atoms with E-state index < -0.39 is 66.8 Å². The molecule has 2 aromatic carbocycles. The van der Waals surface area contributed by atoms with E-state index in [0.29, 0.717) is 5.56 Å². The van der Waals surface area contributed by atoms with E-state index in [9.17, 15) is 36.3 Å². The number of hydrogen-bond donors (Lipinski definition) is 3. The van der Waals surface area contributed by atoms with Crippen LogP contribution < -0.4 is 21.1 Å². The van der Waals surface area contributed by atoms with Crippen molar-refractivity contribution in [3.63, 3.8) is 0 Å². The van der Waals surface area contributed by atoms with Gasteiger partial charge in [0.2, 0.25) is 5.78 Å². The second-order valence-corrected chi connectivity index (χ2v) is 10.1. The fourth-order valence-electron chi connectivity index (χ4n) is 3.90. The van der Waals surface area contributed by atoms with Gasteiger partial charge in [0.05, 0.1) is 10.0 Å². The molecule has 2 aromatic rings. The minimum atomic E-state index is -4.97. The first-order valence-electron chi connectivity index (χ1n) is 12.0. The number of nitrogens with one attached hydrogen (secondary N) is 2. The second-order valence-electron chi connectivity index (χ2n) is 9.31. The molecular formula is C26H28Cl2F5N3O4. The Morgan fingerprint density at radius 1 is 0.975 bits per heavy atom. The van der Waals surface area contributed by atoms with Gasteiger partial charge in [-0.2, -0.15) is 22.0 Å². The number of hydrogen-bond acceptors (Lipinski definition) is 5. The van der Waals surface area contributed by atoms with Crippen LogP contribution >= 0.6 is 23.2 Å². The molecule has 2 rings (SSSR count). The molecule has 0 aliphatic rings. The van der Waals surface area contributed by atoms with E-state index in [1.54, 1.807) is 30.3 Å². The van der Waals surface area contributed by atoms with Crippen LogP contribution in [-0.2, 0) is 20.8 Å². The Bertz CT molecular complexity index is 1180. The van der Waals surface area contributed by atoms with Crippen molar-refractivity contribution < 1.29 is 41.1 Å². The number of amides is 2. The molecule has 1 unspecified atom stereocenters. The number of ketones is 1. The molecule has 0 aliphatic carbocycles. The Morgan fingerprint density at radius 3 is 2.15 bits per heavy atom. The molecule has 0 heterocycles. The third-order valence-corrected chi connectivity index (χ3v) is 6.59. The van der Waals surface area contributed by atoms with Crippen LogP contribution in [0.25, 0.3) is 0 Å². The summed E-state index contributed by atoms with van der Waals surface area (Å²) in [5.74, 6) is -12.3. The number of rotatable bonds is 13. The fourth-order valence-corrected chi connectivity index (χ4v) is 4.19. The van der Waals surface area contributed by atoms with E-state index in [2.05, 4.69) is 5.32 Å². The van der Waals surface area contributed by atoms with Crippen LogP contribution in [0.5, 0.6) is 5.75 Å². The van der Waals surface area contributed by atoms with Crippen molar-refractivity contribution in [2.24, 2.45) is 17.6 Å². The highest BCUT2D eigenvalue weighted by Crippen LogP contribution is 2.29. The number of halogens is 7. The van der Waals surface area contributed by atoms with Gasteiger partial charge in [0.1, 0.15) is 12.3 Å². The van der Waals surface area contributed by atoms with Crippen LogP contribution in [0.1, 0.15) is 19.4 Å². The van der Waals surface area contributed by atoms with Gasteiger partial charge < -0.3 is 21.1 Å². The molecule has 0 saturated heterocycles. The molecule has 4 N–H and O–H groups in total. The van der Waals surface area contributed by atoms with Crippen LogP contribution in [0.15, 0.2) is 48.5 Å². The van der Waals surface area contributed by atoms with E-state index in [-0.39, 0.29) is 22.2 Å². The average molecular weight is 612 g/mol. The quantitative estimate of drug-likeness (QED) is 0.227. The smallest absolute Gasteiger partial charge is 0.405 e. The molecule has 3 atom stereocenters. The number of ether oxygens (including phenoxy) is 1. The lowest BCUT2D eigenvalue weighted by Gasteiger charge is -2.34. The lowest BCUT2D eigenvalue weighted by molar-refractivity contribution is -0.167. The van der Waals surface area contributed by atoms with Crippen molar-refractivity contribution in [1.82, 2.24) is 10.6 Å². The molecule has 0 aliphatic heterocycles. The van der Waals surface area contributed by atoms with Crippen molar-refractivity contribution in [3.8, 4) is 5.75 Å². The number of alkyl halides is 5. The van der Waals surface area contributed by atoms with Crippen LogP contribution in [0, 0.1) is 11.8 Å². The Kier molecular flexibility index (Phi) is 11.7. The third-order valence-electron chi connectivity index (χ3n) is 5.85. The third kappa shape index (κ3) is 9.60. The first-order chi connectivity index (χ1) is 18.5. The van der Waals surface area contributed by atoms with E-state index >= 15 is 0 Å². The second kappa shape index (κ2) is 14.1. The largest absolute Gasteiger partial charge is 0.484 e. The zero-order valence-electron chi connectivity index (χ0n) is 21.4. The van der Waals surface area contributed by atoms with Crippen LogP contribution in [-0.4, -0.2) is 54.9 Å². The molecule has 0 spiro atoms. The molecule has 0 fully saturated rings. The maximum absolute atomic E-state index is 14.8. The predicted molar refractivity (Wildman–Crippen MR) is 139 cm³/mol. The summed E-state index contributed by atoms with van der Waals surface area (Å²) in [6.45, 7) is 0.201. The van der Waals surface area contributed by atoms with E-state index in [4.69, 9.17) is 33.7 Å². The van der Waals surface area contributed by atoms with Gasteiger partial charge in [-0.25, -0.2) is 0 Å². The predicted octanol–water partition coefficient (Wildman–Crippen LogP) is 4.58. The normalized spacial score (nSPS) is 14.3. The maximum atomic E-state index is 14.8. The lowest BCUT2D eigenvalue weighted by atomic mass is 9.78. The van der Waals surface area contributed by atoms with Gasteiger partial charge in [0.15, 0.2) is 6.61 Å². The lowest BCUT2D eigenvalue weighted by Crippen LogP contribution is -2.60. The summed E-state index contributed by atoms with van der Waals surface area (Å²) in [5.41, 5.74) is 6.93. The highest BCUT2D eigenvalue weighted by Gasteiger charge is 2.53. The molecule has 7 nitrogen and oxygen atoms in total. The molecule has 0 radical (unpaired) electrons. The highest BCUT2D eigenvalue weighted by atomic mass is 35.5. The zero-order valence-corrected chi connectivity index (χ0v) is 22.9. The molecule has 0 bridgehead atoms. The van der Waals surface area contributed by atoms with Gasteiger partial charge >= 0.3 is 12.1 Å². The molecule has 40 heavy (non-hydrogen) atoms. The van der Waals surface area contributed by atoms with Gasteiger partial charge in [0, 0.05) is 24.1 Å². The summed E-state index contributed by atoms with van der Waals surface area (Å²) in [4.78, 5) is 37.5. The molecule has 2 amide bonds. The summed E-state index contributed by atoms with van der Waals surface area (Å²) in [6.07, 6.45) is -4.96. The average Bonchev–Trinajstić information content (AvgIpc) is 2.87. The van der Waals surface area contributed by atoms with Gasteiger partial charge in [-0.05, 0) is 30.0 Å². The number of carbonyl (C=O) groups excluding carboxylic acids is 3. The summed E-state index contributed by atoms with van der Waals surface area (Å²) < 4.78 is 72.2. The standard InChI is InChI=1S/C26H28Cl2F5N3O4/c1-14(2)21(23(38)26(32,33)24(39)35-13-25(29,30)31)22(34)19(10-15-6-4-3-5-7-15)36-20(37)12-40-16-8-9-17(27)18(28)11-16/h3-9,11,14,19,21-22H,10,12-13,34H2,1-2H3,(H,35,39)(H,36,37)/t19-,21-,22?/m0/s1. The minimum absolute atomic E-state index is 0.00284. The van der Waals surface area contributed by atoms with Crippen LogP contribution in [0.2, 0.25) is 10.0 Å².